The van der Waals surface area contributed by atoms with Gasteiger partial charge < -0.3 is 9.84 Å². The normalized spacial score (nSPS) is 23.2. The van der Waals surface area contributed by atoms with Gasteiger partial charge in [0.2, 0.25) is 0 Å². The highest BCUT2D eigenvalue weighted by Gasteiger charge is 2.38. The summed E-state index contributed by atoms with van der Waals surface area (Å²) in [4.78, 5) is 24.0. The van der Waals surface area contributed by atoms with E-state index in [2.05, 4.69) is 0 Å². The van der Waals surface area contributed by atoms with Crippen LogP contribution in [-0.2, 0) is 14.3 Å². The first-order chi connectivity index (χ1) is 10.5. The highest BCUT2D eigenvalue weighted by molar-refractivity contribution is 6.19. The molecule has 4 nitrogen and oxygen atoms in total. The smallest absolute Gasteiger partial charge is 0.346 e. The first kappa shape index (κ1) is 17.0. The first-order valence-corrected chi connectivity index (χ1v) is 8.66. The van der Waals surface area contributed by atoms with Gasteiger partial charge in [0, 0.05) is 6.42 Å². The van der Waals surface area contributed by atoms with Gasteiger partial charge in [-0.1, -0.05) is 52.4 Å². The topological polar surface area (TPSA) is 63.6 Å². The van der Waals surface area contributed by atoms with Crippen LogP contribution in [0.5, 0.6) is 0 Å². The summed E-state index contributed by atoms with van der Waals surface area (Å²) >= 11 is 0. The van der Waals surface area contributed by atoms with Gasteiger partial charge in [-0.05, 0) is 24.7 Å². The summed E-state index contributed by atoms with van der Waals surface area (Å²) in [6.45, 7) is 3.98. The van der Waals surface area contributed by atoms with E-state index in [9.17, 15) is 14.7 Å². The Morgan fingerprint density at radius 1 is 1.27 bits per heavy atom. The molecule has 1 aliphatic carbocycles. The molecule has 4 heteroatoms. The minimum Gasteiger partial charge on any atom is -0.507 e. The van der Waals surface area contributed by atoms with Crippen molar-refractivity contribution in [1.29, 1.82) is 0 Å². The lowest BCUT2D eigenvalue weighted by molar-refractivity contribution is -0.141. The maximum Gasteiger partial charge on any atom is 0.346 e. The van der Waals surface area contributed by atoms with E-state index in [0.717, 1.165) is 18.8 Å². The minimum atomic E-state index is -0.647. The Bertz CT molecular complexity index is 444. The molecule has 1 unspecified atom stereocenters. The lowest BCUT2D eigenvalue weighted by Crippen LogP contribution is -2.14. The van der Waals surface area contributed by atoms with Crippen molar-refractivity contribution in [2.45, 2.75) is 77.7 Å². The quantitative estimate of drug-likeness (QED) is 0.568. The number of ether oxygens (including phenoxy) is 1. The van der Waals surface area contributed by atoms with Gasteiger partial charge >= 0.3 is 5.97 Å². The fourth-order valence-corrected chi connectivity index (χ4v) is 3.51. The maximum absolute atomic E-state index is 12.2. The van der Waals surface area contributed by atoms with Crippen molar-refractivity contribution in [3.8, 4) is 0 Å². The molecule has 0 bridgehead atoms. The van der Waals surface area contributed by atoms with Crippen molar-refractivity contribution in [3.05, 3.63) is 11.3 Å². The second-order valence-corrected chi connectivity index (χ2v) is 7.10. The molecule has 0 aromatic heterocycles. The third kappa shape index (κ3) is 4.34. The van der Waals surface area contributed by atoms with Crippen LogP contribution in [0, 0.1) is 11.8 Å². The molecule has 1 atom stereocenters. The van der Waals surface area contributed by atoms with Crippen LogP contribution in [0.2, 0.25) is 0 Å². The van der Waals surface area contributed by atoms with Crippen LogP contribution in [0.1, 0.15) is 71.6 Å². The van der Waals surface area contributed by atoms with Gasteiger partial charge in [0.1, 0.15) is 5.57 Å². The summed E-state index contributed by atoms with van der Waals surface area (Å²) in [6, 6.07) is 0. The number of Topliss-reactive ketones (excluding diaryl/α,β-unsaturated/α-hetero) is 1. The first-order valence-electron chi connectivity index (χ1n) is 8.66. The molecule has 1 saturated carbocycles. The molecule has 2 rings (SSSR count). The number of cyclic esters (lactones) is 1. The number of hydrogen-bond donors (Lipinski definition) is 1. The van der Waals surface area contributed by atoms with Crippen LogP contribution in [0.3, 0.4) is 0 Å². The maximum atomic E-state index is 12.2. The van der Waals surface area contributed by atoms with Gasteiger partial charge in [0.05, 0.1) is 0 Å². The minimum absolute atomic E-state index is 0.103. The fourth-order valence-electron chi connectivity index (χ4n) is 3.51. The number of carbonyl (C=O) groups is 2. The lowest BCUT2D eigenvalue weighted by Gasteiger charge is -2.20. The second kappa shape index (κ2) is 7.80. The molecule has 1 N–H and O–H groups in total. The molecule has 0 aromatic rings. The Kier molecular flexibility index (Phi) is 6.04. The van der Waals surface area contributed by atoms with Gasteiger partial charge in [0.15, 0.2) is 17.6 Å². The van der Waals surface area contributed by atoms with E-state index >= 15 is 0 Å². The average Bonchev–Trinajstić information content (AvgIpc) is 2.73. The number of ketones is 1. The monoisotopic (exact) mass is 308 g/mol. The van der Waals surface area contributed by atoms with Crippen molar-refractivity contribution in [1.82, 2.24) is 0 Å². The largest absolute Gasteiger partial charge is 0.507 e. The Balaban J connectivity index is 1.85. The molecule has 0 amide bonds. The zero-order valence-corrected chi connectivity index (χ0v) is 13.8. The highest BCUT2D eigenvalue weighted by atomic mass is 16.6. The molecule has 22 heavy (non-hydrogen) atoms. The molecule has 0 radical (unpaired) electrons. The summed E-state index contributed by atoms with van der Waals surface area (Å²) in [5, 5.41) is 10.1. The molecular formula is C18H28O4. The second-order valence-electron chi connectivity index (χ2n) is 7.10. The van der Waals surface area contributed by atoms with Crippen LogP contribution >= 0.6 is 0 Å². The van der Waals surface area contributed by atoms with Gasteiger partial charge in [-0.2, -0.15) is 0 Å². The number of carbonyl (C=O) groups excluding carboxylic acids is 2. The average molecular weight is 308 g/mol. The van der Waals surface area contributed by atoms with E-state index in [1.54, 1.807) is 0 Å². The molecule has 0 aromatic carbocycles. The van der Waals surface area contributed by atoms with Crippen LogP contribution in [0.4, 0.5) is 0 Å². The van der Waals surface area contributed by atoms with Crippen molar-refractivity contribution in [2.75, 3.05) is 0 Å². The molecule has 124 valence electrons. The van der Waals surface area contributed by atoms with Crippen LogP contribution < -0.4 is 0 Å². The van der Waals surface area contributed by atoms with Gasteiger partial charge in [-0.15, -0.1) is 0 Å². The van der Waals surface area contributed by atoms with Gasteiger partial charge in [-0.3, -0.25) is 4.79 Å². The number of esters is 1. The fraction of sp³-hybridized carbons (Fsp3) is 0.778. The Labute approximate surface area is 132 Å². The Morgan fingerprint density at radius 3 is 2.59 bits per heavy atom. The Hall–Kier alpha value is -1.32. The zero-order chi connectivity index (χ0) is 16.1. The van der Waals surface area contributed by atoms with Crippen LogP contribution in [0.15, 0.2) is 11.3 Å². The van der Waals surface area contributed by atoms with E-state index in [0.29, 0.717) is 18.8 Å². The summed E-state index contributed by atoms with van der Waals surface area (Å²) in [5.41, 5.74) is -0.103. The van der Waals surface area contributed by atoms with E-state index in [1.807, 2.05) is 13.8 Å². The standard InChI is InChI=1S/C18H28O4/c1-12(2)11-15-17(20)16(18(21)22-15)14(19)10-6-9-13-7-4-3-5-8-13/h12-13,15,20H,3-11H2,1-2H3. The molecular weight excluding hydrogens is 280 g/mol. The molecule has 2 aliphatic rings. The van der Waals surface area contributed by atoms with E-state index in [1.165, 1.54) is 32.1 Å². The van der Waals surface area contributed by atoms with Crippen LogP contribution in [0.25, 0.3) is 0 Å². The summed E-state index contributed by atoms with van der Waals surface area (Å²) < 4.78 is 5.13. The predicted octanol–water partition coefficient (Wildman–Crippen LogP) is 4.09. The van der Waals surface area contributed by atoms with Crippen molar-refractivity contribution < 1.29 is 19.4 Å². The SMILES string of the molecule is CC(C)CC1OC(=O)C(C(=O)CCCC2CCCCC2)=C1O. The van der Waals surface area contributed by atoms with Crippen molar-refractivity contribution >= 4 is 11.8 Å². The number of rotatable bonds is 7. The third-order valence-corrected chi connectivity index (χ3v) is 4.72. The predicted molar refractivity (Wildman–Crippen MR) is 84.4 cm³/mol. The van der Waals surface area contributed by atoms with Gasteiger partial charge in [0.25, 0.3) is 0 Å². The molecule has 0 saturated heterocycles. The number of hydrogen-bond acceptors (Lipinski definition) is 4. The molecule has 0 spiro atoms. The third-order valence-electron chi connectivity index (χ3n) is 4.72. The summed E-state index contributed by atoms with van der Waals surface area (Å²) in [5.74, 6) is -0.0363. The van der Waals surface area contributed by atoms with Crippen molar-refractivity contribution in [2.24, 2.45) is 11.8 Å². The molecule has 1 aliphatic heterocycles. The molecule has 1 fully saturated rings. The van der Waals surface area contributed by atoms with E-state index in [4.69, 9.17) is 4.74 Å². The Morgan fingerprint density at radius 2 is 1.95 bits per heavy atom. The van der Waals surface area contributed by atoms with Gasteiger partial charge in [-0.25, -0.2) is 4.79 Å². The van der Waals surface area contributed by atoms with E-state index < -0.39 is 12.1 Å². The summed E-state index contributed by atoms with van der Waals surface area (Å²) in [6.07, 6.45) is 8.55. The zero-order valence-electron chi connectivity index (χ0n) is 13.8. The van der Waals surface area contributed by atoms with Crippen molar-refractivity contribution in [3.63, 3.8) is 0 Å². The lowest BCUT2D eigenvalue weighted by atomic mass is 9.85. The summed E-state index contributed by atoms with van der Waals surface area (Å²) in [7, 11) is 0. The number of aliphatic hydroxyl groups excluding tert-OH is 1. The highest BCUT2D eigenvalue weighted by Crippen LogP contribution is 2.30. The molecule has 1 heterocycles. The number of aliphatic hydroxyl groups is 1. The van der Waals surface area contributed by atoms with Crippen LogP contribution in [-0.4, -0.2) is 23.0 Å². The van der Waals surface area contributed by atoms with E-state index in [-0.39, 0.29) is 17.1 Å².